The van der Waals surface area contributed by atoms with E-state index in [1.807, 2.05) is 0 Å². The first-order valence-corrected chi connectivity index (χ1v) is 24.9. The third kappa shape index (κ3) is 39.3. The molecule has 53 heavy (non-hydrogen) atoms. The van der Waals surface area contributed by atoms with Gasteiger partial charge in [0.1, 0.15) is 6.10 Å². The van der Waals surface area contributed by atoms with Gasteiger partial charge >= 0.3 is 0 Å². The van der Waals surface area contributed by atoms with Crippen molar-refractivity contribution in [3.63, 3.8) is 0 Å². The first-order chi connectivity index (χ1) is 25.7. The summed E-state index contributed by atoms with van der Waals surface area (Å²) < 4.78 is 32.7. The third-order valence-corrected chi connectivity index (χ3v) is 11.9. The molecule has 0 aromatic carbocycles. The molecule has 0 aromatic rings. The van der Waals surface area contributed by atoms with Gasteiger partial charge in [0.25, 0.3) is 10.1 Å². The molecule has 0 heterocycles. The average Bonchev–Trinajstić information content (AvgIpc) is 3.12. The van der Waals surface area contributed by atoms with E-state index >= 15 is 0 Å². The van der Waals surface area contributed by atoms with Gasteiger partial charge in [-0.05, 0) is 12.8 Å². The number of amides is 1. The topological polar surface area (TPSA) is 124 Å². The minimum atomic E-state index is -4.41. The average molecular weight is 774 g/mol. The predicted octanol–water partition coefficient (Wildman–Crippen LogP) is 12.9. The molecule has 0 radical (unpaired) electrons. The van der Waals surface area contributed by atoms with Gasteiger partial charge in [-0.3, -0.25) is 9.35 Å². The lowest BCUT2D eigenvalue weighted by Gasteiger charge is -2.24. The Labute approximate surface area is 330 Å². The van der Waals surface area contributed by atoms with E-state index in [0.29, 0.717) is 12.8 Å². The molecule has 0 spiro atoms. The number of unbranched alkanes of at least 4 members (excludes halogenated alkanes) is 34. The molecule has 0 rings (SSSR count). The van der Waals surface area contributed by atoms with Gasteiger partial charge in [0.2, 0.25) is 5.91 Å². The van der Waals surface area contributed by atoms with Crippen molar-refractivity contribution in [2.45, 2.75) is 276 Å². The SMILES string of the molecule is CCCCCCCCCCCCCCCCCCCCC(O)C(=O)NC(CS(=O)(=O)O)C(O)CCCCCCCCCCCCCCCCCCCC. The Balaban J connectivity index is 3.87. The van der Waals surface area contributed by atoms with Gasteiger partial charge in [0, 0.05) is 0 Å². The quantitative estimate of drug-likeness (QED) is 0.0361. The molecule has 0 aliphatic carbocycles. The fourth-order valence-electron chi connectivity index (χ4n) is 7.58. The first-order valence-electron chi connectivity index (χ1n) is 23.3. The van der Waals surface area contributed by atoms with Crippen molar-refractivity contribution >= 4 is 16.0 Å². The highest BCUT2D eigenvalue weighted by molar-refractivity contribution is 7.85. The molecule has 0 aliphatic rings. The van der Waals surface area contributed by atoms with Crippen LogP contribution in [0.15, 0.2) is 0 Å². The van der Waals surface area contributed by atoms with Crippen molar-refractivity contribution < 1.29 is 28.0 Å². The minimum absolute atomic E-state index is 0.304. The van der Waals surface area contributed by atoms with Crippen molar-refractivity contribution in [3.8, 4) is 0 Å². The van der Waals surface area contributed by atoms with E-state index < -0.39 is 40.0 Å². The van der Waals surface area contributed by atoms with Crippen molar-refractivity contribution in [1.82, 2.24) is 5.32 Å². The lowest BCUT2D eigenvalue weighted by molar-refractivity contribution is -0.131. The molecule has 318 valence electrons. The van der Waals surface area contributed by atoms with Crippen LogP contribution in [0.3, 0.4) is 0 Å². The lowest BCUT2D eigenvalue weighted by atomic mass is 10.0. The van der Waals surface area contributed by atoms with Gasteiger partial charge in [0.05, 0.1) is 17.9 Å². The summed E-state index contributed by atoms with van der Waals surface area (Å²) in [4.78, 5) is 12.7. The second kappa shape index (κ2) is 39.5. The van der Waals surface area contributed by atoms with Gasteiger partial charge in [0.15, 0.2) is 0 Å². The second-order valence-corrected chi connectivity index (χ2v) is 18.0. The Morgan fingerprint density at radius 3 is 0.943 bits per heavy atom. The highest BCUT2D eigenvalue weighted by Gasteiger charge is 2.28. The Kier molecular flexibility index (Phi) is 39.0. The zero-order valence-corrected chi connectivity index (χ0v) is 36.1. The van der Waals surface area contributed by atoms with Gasteiger partial charge in [-0.1, -0.05) is 245 Å². The molecule has 0 aromatic heterocycles. The number of nitrogens with one attached hydrogen (secondary N) is 1. The van der Waals surface area contributed by atoms with E-state index in [1.54, 1.807) is 0 Å². The van der Waals surface area contributed by atoms with E-state index in [1.165, 1.54) is 186 Å². The number of carbonyl (C=O) groups excluding carboxylic acids is 1. The second-order valence-electron chi connectivity index (χ2n) is 16.5. The molecule has 1 amide bonds. The maximum absolute atomic E-state index is 12.7. The zero-order chi connectivity index (χ0) is 39.1. The molecule has 4 N–H and O–H groups in total. The fraction of sp³-hybridized carbons (Fsp3) is 0.978. The summed E-state index contributed by atoms with van der Waals surface area (Å²) in [5.41, 5.74) is 0. The summed E-state index contributed by atoms with van der Waals surface area (Å²) in [6, 6.07) is -1.14. The summed E-state index contributed by atoms with van der Waals surface area (Å²) in [5, 5.41) is 23.6. The van der Waals surface area contributed by atoms with Gasteiger partial charge in [-0.15, -0.1) is 0 Å². The highest BCUT2D eigenvalue weighted by atomic mass is 32.2. The van der Waals surface area contributed by atoms with Gasteiger partial charge in [-0.25, -0.2) is 0 Å². The molecule has 3 unspecified atom stereocenters. The number of carbonyl (C=O) groups is 1. The van der Waals surface area contributed by atoms with Crippen LogP contribution in [0, 0.1) is 0 Å². The zero-order valence-electron chi connectivity index (χ0n) is 35.3. The van der Waals surface area contributed by atoms with Crippen LogP contribution in [0.4, 0.5) is 0 Å². The van der Waals surface area contributed by atoms with Crippen LogP contribution < -0.4 is 5.32 Å². The van der Waals surface area contributed by atoms with E-state index in [-0.39, 0.29) is 0 Å². The number of rotatable bonds is 43. The lowest BCUT2D eigenvalue weighted by Crippen LogP contribution is -2.50. The summed E-state index contributed by atoms with van der Waals surface area (Å²) in [7, 11) is -4.41. The molecule has 0 fully saturated rings. The maximum atomic E-state index is 12.7. The van der Waals surface area contributed by atoms with Crippen LogP contribution >= 0.6 is 0 Å². The molecule has 0 aliphatic heterocycles. The largest absolute Gasteiger partial charge is 0.391 e. The monoisotopic (exact) mass is 774 g/mol. The van der Waals surface area contributed by atoms with E-state index in [0.717, 1.165) is 44.9 Å². The standard InChI is InChI=1S/C45H91NO6S/c1-3-5-7-9-11-13-15-17-19-21-23-25-27-29-31-33-35-37-39-43(47)42(41-53(50,51)52)46-45(49)44(48)40-38-36-34-32-30-28-26-24-22-20-18-16-14-12-10-8-6-4-2/h42-44,47-48H,3-41H2,1-2H3,(H,46,49)(H,50,51,52). The fourth-order valence-corrected chi connectivity index (χ4v) is 8.34. The number of hydrogen-bond acceptors (Lipinski definition) is 5. The highest BCUT2D eigenvalue weighted by Crippen LogP contribution is 2.17. The van der Waals surface area contributed by atoms with Crippen LogP contribution in [-0.2, 0) is 14.9 Å². The van der Waals surface area contributed by atoms with E-state index in [9.17, 15) is 28.0 Å². The van der Waals surface area contributed by atoms with Crippen molar-refractivity contribution in [3.05, 3.63) is 0 Å². The van der Waals surface area contributed by atoms with Crippen LogP contribution in [0.25, 0.3) is 0 Å². The third-order valence-electron chi connectivity index (χ3n) is 11.2. The summed E-state index contributed by atoms with van der Waals surface area (Å²) in [6.07, 6.45) is 44.1. The number of hydrogen-bond donors (Lipinski definition) is 4. The van der Waals surface area contributed by atoms with Gasteiger partial charge < -0.3 is 15.5 Å². The molecule has 3 atom stereocenters. The van der Waals surface area contributed by atoms with Crippen molar-refractivity contribution in [2.24, 2.45) is 0 Å². The Hall–Kier alpha value is -0.700. The first kappa shape index (κ1) is 52.3. The molecule has 0 saturated carbocycles. The summed E-state index contributed by atoms with van der Waals surface area (Å²) in [6.45, 7) is 4.54. The molecule has 0 bridgehead atoms. The summed E-state index contributed by atoms with van der Waals surface area (Å²) >= 11 is 0. The van der Waals surface area contributed by atoms with Crippen LogP contribution in [0.5, 0.6) is 0 Å². The normalized spacial score (nSPS) is 13.7. The molecular weight excluding hydrogens is 683 g/mol. The Bertz CT molecular complexity index is 869. The van der Waals surface area contributed by atoms with Crippen molar-refractivity contribution in [1.29, 1.82) is 0 Å². The van der Waals surface area contributed by atoms with Crippen molar-refractivity contribution in [2.75, 3.05) is 5.75 Å². The smallest absolute Gasteiger partial charge is 0.266 e. The molecular formula is C45H91NO6S. The van der Waals surface area contributed by atoms with Crippen LogP contribution in [0.2, 0.25) is 0 Å². The van der Waals surface area contributed by atoms with E-state index in [4.69, 9.17) is 0 Å². The van der Waals surface area contributed by atoms with E-state index in [2.05, 4.69) is 19.2 Å². The molecule has 8 heteroatoms. The maximum Gasteiger partial charge on any atom is 0.266 e. The Morgan fingerprint density at radius 2 is 0.679 bits per heavy atom. The number of aliphatic hydroxyl groups excluding tert-OH is 2. The predicted molar refractivity (Wildman–Crippen MR) is 227 cm³/mol. The van der Waals surface area contributed by atoms with Gasteiger partial charge in [-0.2, -0.15) is 8.42 Å². The molecule has 7 nitrogen and oxygen atoms in total. The van der Waals surface area contributed by atoms with Crippen LogP contribution in [-0.4, -0.2) is 53.1 Å². The minimum Gasteiger partial charge on any atom is -0.391 e. The molecule has 0 saturated heterocycles. The van der Waals surface area contributed by atoms with Crippen LogP contribution in [0.1, 0.15) is 258 Å². The summed E-state index contributed by atoms with van der Waals surface area (Å²) in [5.74, 6) is -1.44. The Morgan fingerprint density at radius 1 is 0.434 bits per heavy atom. The number of aliphatic hydroxyl groups is 2.